The van der Waals surface area contributed by atoms with E-state index in [1.54, 1.807) is 0 Å². The smallest absolute Gasteiger partial charge is 0.195 e. The quantitative estimate of drug-likeness (QED) is 0.131. The summed E-state index contributed by atoms with van der Waals surface area (Å²) in [5.74, 6) is -0.290. The average molecular weight is 733 g/mol. The molecule has 4 heteroatoms. The minimum Gasteiger partial charge on any atom is -0.310 e. The first-order chi connectivity index (χ1) is 26.9. The molecule has 4 nitrogen and oxygen atoms in total. The Balaban J connectivity index is 1.56. The van der Waals surface area contributed by atoms with Crippen molar-refractivity contribution >= 4 is 45.7 Å². The minimum atomic E-state index is -0.145. The van der Waals surface area contributed by atoms with Crippen LogP contribution in [0.25, 0.3) is 0 Å². The molecule has 0 fully saturated rings. The zero-order valence-electron chi connectivity index (χ0n) is 33.0. The monoisotopic (exact) mass is 732 g/mol. The number of carbonyl (C=O) groups excluding carboxylic acids is 2. The summed E-state index contributed by atoms with van der Waals surface area (Å²) in [7, 11) is 0. The molecule has 0 atom stereocenters. The predicted molar refractivity (Wildman–Crippen MR) is 233 cm³/mol. The van der Waals surface area contributed by atoms with Gasteiger partial charge in [-0.05, 0) is 82.6 Å². The van der Waals surface area contributed by atoms with Crippen LogP contribution in [0.4, 0.5) is 34.1 Å². The fourth-order valence-electron chi connectivity index (χ4n) is 7.03. The average Bonchev–Trinajstić information content (AvgIpc) is 3.22. The second-order valence-corrected chi connectivity index (χ2v) is 16.2. The molecule has 0 aliphatic heterocycles. The van der Waals surface area contributed by atoms with Gasteiger partial charge in [-0.1, -0.05) is 163 Å². The van der Waals surface area contributed by atoms with Crippen molar-refractivity contribution < 1.29 is 9.59 Å². The highest BCUT2D eigenvalue weighted by Crippen LogP contribution is 2.45. The van der Waals surface area contributed by atoms with E-state index in [1.807, 2.05) is 182 Å². The number of para-hydroxylation sites is 4. The highest BCUT2D eigenvalue weighted by atomic mass is 16.1. The lowest BCUT2D eigenvalue weighted by Gasteiger charge is -2.32. The van der Waals surface area contributed by atoms with Gasteiger partial charge in [0.05, 0.1) is 11.4 Å². The molecule has 7 aromatic carbocycles. The summed E-state index contributed by atoms with van der Waals surface area (Å²) in [6.07, 6.45) is 0. The van der Waals surface area contributed by atoms with Crippen LogP contribution >= 0.6 is 0 Å². The van der Waals surface area contributed by atoms with Crippen molar-refractivity contribution in [1.82, 2.24) is 0 Å². The lowest BCUT2D eigenvalue weighted by atomic mass is 9.85. The summed E-state index contributed by atoms with van der Waals surface area (Å²) in [5.41, 5.74) is 8.85. The van der Waals surface area contributed by atoms with Crippen LogP contribution in [0.1, 0.15) is 84.5 Å². The third kappa shape index (κ3) is 7.97. The molecule has 0 aliphatic carbocycles. The second kappa shape index (κ2) is 15.7. The van der Waals surface area contributed by atoms with Crippen LogP contribution in [-0.2, 0) is 10.8 Å². The van der Waals surface area contributed by atoms with E-state index in [0.29, 0.717) is 33.6 Å². The summed E-state index contributed by atoms with van der Waals surface area (Å²) in [5, 5.41) is 0. The molecule has 0 saturated carbocycles. The fraction of sp³-hybridized carbons (Fsp3) is 0.154. The molecule has 0 heterocycles. The SMILES string of the molecule is CC(C)(C)c1ccc(C(=O)c2cc(N(c3ccccc3)c3ccccc3)c(C(=O)c3ccc(C(C)(C)C)cc3)cc2N(c2ccccc2)c2ccccc2)cc1. The first-order valence-corrected chi connectivity index (χ1v) is 19.2. The Labute approximate surface area is 331 Å². The number of rotatable bonds is 10. The molecule has 7 aromatic rings. The Morgan fingerprint density at radius 2 is 0.607 bits per heavy atom. The number of ketones is 2. The number of benzene rings is 7. The summed E-state index contributed by atoms with van der Waals surface area (Å²) < 4.78 is 0. The van der Waals surface area contributed by atoms with Gasteiger partial charge in [0.15, 0.2) is 11.6 Å². The molecule has 0 aliphatic rings. The van der Waals surface area contributed by atoms with Gasteiger partial charge in [0.25, 0.3) is 0 Å². The Hall–Kier alpha value is -6.52. The lowest BCUT2D eigenvalue weighted by Crippen LogP contribution is -2.20. The highest BCUT2D eigenvalue weighted by molar-refractivity contribution is 6.19. The van der Waals surface area contributed by atoms with Gasteiger partial charge in [0, 0.05) is 45.0 Å². The summed E-state index contributed by atoms with van der Waals surface area (Å²) in [6, 6.07) is 59.7. The van der Waals surface area contributed by atoms with Gasteiger partial charge >= 0.3 is 0 Å². The van der Waals surface area contributed by atoms with Crippen molar-refractivity contribution in [2.24, 2.45) is 0 Å². The fourth-order valence-corrected chi connectivity index (χ4v) is 7.03. The Kier molecular flexibility index (Phi) is 10.6. The maximum absolute atomic E-state index is 15.2. The molecule has 0 spiro atoms. The van der Waals surface area contributed by atoms with Gasteiger partial charge in [-0.25, -0.2) is 0 Å². The first kappa shape index (κ1) is 37.8. The second-order valence-electron chi connectivity index (χ2n) is 16.2. The van der Waals surface area contributed by atoms with Crippen molar-refractivity contribution in [2.75, 3.05) is 9.80 Å². The normalized spacial score (nSPS) is 11.5. The molecule has 0 unspecified atom stereocenters. The zero-order valence-corrected chi connectivity index (χ0v) is 33.0. The van der Waals surface area contributed by atoms with E-state index in [1.165, 1.54) is 0 Å². The van der Waals surface area contributed by atoms with E-state index in [4.69, 9.17) is 0 Å². The van der Waals surface area contributed by atoms with Crippen LogP contribution in [0.15, 0.2) is 182 Å². The molecular formula is C52H48N2O2. The van der Waals surface area contributed by atoms with Gasteiger partial charge in [0.1, 0.15) is 0 Å². The summed E-state index contributed by atoms with van der Waals surface area (Å²) in [4.78, 5) is 34.5. The maximum atomic E-state index is 15.2. The topological polar surface area (TPSA) is 40.6 Å². The van der Waals surface area contributed by atoms with Gasteiger partial charge < -0.3 is 9.80 Å². The maximum Gasteiger partial charge on any atom is 0.195 e. The third-order valence-corrected chi connectivity index (χ3v) is 10.2. The standard InChI is InChI=1S/C52H48N2O2/c1-51(2,3)39-31-27-37(28-32-39)49(55)45-35-48(54(43-23-15-9-16-24-43)44-25-17-10-18-26-44)46(50(56)38-29-33-40(34-30-38)52(4,5)6)36-47(45)53(41-19-11-7-12-20-41)42-21-13-8-14-22-42/h7-36H,1-6H3. The largest absolute Gasteiger partial charge is 0.310 e. The van der Waals surface area contributed by atoms with Crippen LogP contribution < -0.4 is 9.80 Å². The molecule has 7 rings (SSSR count). The van der Waals surface area contributed by atoms with Crippen molar-refractivity contribution in [1.29, 1.82) is 0 Å². The highest BCUT2D eigenvalue weighted by Gasteiger charge is 2.29. The molecule has 56 heavy (non-hydrogen) atoms. The number of hydrogen-bond donors (Lipinski definition) is 0. The van der Waals surface area contributed by atoms with Crippen molar-refractivity contribution in [3.63, 3.8) is 0 Å². The molecule has 0 radical (unpaired) electrons. The molecule has 0 saturated heterocycles. The van der Waals surface area contributed by atoms with Crippen molar-refractivity contribution in [2.45, 2.75) is 52.4 Å². The summed E-state index contributed by atoms with van der Waals surface area (Å²) in [6.45, 7) is 13.0. The molecule has 0 amide bonds. The van der Waals surface area contributed by atoms with Crippen molar-refractivity contribution in [3.05, 3.63) is 215 Å². The van der Waals surface area contributed by atoms with Gasteiger partial charge in [-0.15, -0.1) is 0 Å². The van der Waals surface area contributed by atoms with E-state index in [-0.39, 0.29) is 22.4 Å². The molecule has 0 bridgehead atoms. The van der Waals surface area contributed by atoms with Crippen LogP contribution in [0.5, 0.6) is 0 Å². The number of anilines is 6. The van der Waals surface area contributed by atoms with E-state index >= 15 is 9.59 Å². The van der Waals surface area contributed by atoms with Crippen LogP contribution in [-0.4, -0.2) is 11.6 Å². The van der Waals surface area contributed by atoms with Crippen LogP contribution in [0.2, 0.25) is 0 Å². The molecule has 278 valence electrons. The minimum absolute atomic E-state index is 0.0731. The Morgan fingerprint density at radius 3 is 0.839 bits per heavy atom. The first-order valence-electron chi connectivity index (χ1n) is 19.2. The van der Waals surface area contributed by atoms with Gasteiger partial charge in [-0.3, -0.25) is 9.59 Å². The van der Waals surface area contributed by atoms with Gasteiger partial charge in [-0.2, -0.15) is 0 Å². The third-order valence-electron chi connectivity index (χ3n) is 10.2. The molecule has 0 N–H and O–H groups in total. The predicted octanol–water partition coefficient (Wildman–Crippen LogP) is 13.7. The number of carbonyl (C=O) groups is 2. The zero-order chi connectivity index (χ0) is 39.5. The Morgan fingerprint density at radius 1 is 0.357 bits per heavy atom. The van der Waals surface area contributed by atoms with Crippen LogP contribution in [0.3, 0.4) is 0 Å². The van der Waals surface area contributed by atoms with Crippen molar-refractivity contribution in [3.8, 4) is 0 Å². The number of hydrogen-bond acceptors (Lipinski definition) is 4. The lowest BCUT2D eigenvalue weighted by molar-refractivity contribution is 0.102. The molecular weight excluding hydrogens is 685 g/mol. The number of nitrogens with zero attached hydrogens (tertiary/aromatic N) is 2. The van der Waals surface area contributed by atoms with E-state index in [0.717, 1.165) is 33.9 Å². The van der Waals surface area contributed by atoms with E-state index < -0.39 is 0 Å². The summed E-state index contributed by atoms with van der Waals surface area (Å²) >= 11 is 0. The Bertz CT molecular complexity index is 2170. The van der Waals surface area contributed by atoms with E-state index in [2.05, 4.69) is 51.3 Å². The molecule has 0 aromatic heterocycles. The van der Waals surface area contributed by atoms with Gasteiger partial charge in [0.2, 0.25) is 0 Å². The van der Waals surface area contributed by atoms with E-state index in [9.17, 15) is 0 Å². The van der Waals surface area contributed by atoms with Crippen LogP contribution in [0, 0.1) is 0 Å².